The largest absolute Gasteiger partial charge is 0.462 e. The number of hydrogen-bond donors (Lipinski definition) is 1. The van der Waals surface area contributed by atoms with E-state index in [0.29, 0.717) is 5.92 Å². The summed E-state index contributed by atoms with van der Waals surface area (Å²) in [5.41, 5.74) is 1.42. The molecule has 8 atom stereocenters. The van der Waals surface area contributed by atoms with Gasteiger partial charge in [-0.2, -0.15) is 0 Å². The van der Waals surface area contributed by atoms with Crippen LogP contribution in [-0.2, 0) is 19.1 Å². The lowest BCUT2D eigenvalue weighted by Gasteiger charge is -2.58. The summed E-state index contributed by atoms with van der Waals surface area (Å²) < 4.78 is 11.2. The van der Waals surface area contributed by atoms with E-state index in [2.05, 4.69) is 13.8 Å². The summed E-state index contributed by atoms with van der Waals surface area (Å²) in [4.78, 5) is 23.1. The fourth-order valence-electron chi connectivity index (χ4n) is 7.27. The first-order valence-electron chi connectivity index (χ1n) is 10.9. The summed E-state index contributed by atoms with van der Waals surface area (Å²) in [6.07, 6.45) is 8.14. The van der Waals surface area contributed by atoms with Crippen LogP contribution in [0.15, 0.2) is 11.6 Å². The zero-order chi connectivity index (χ0) is 20.3. The minimum Gasteiger partial charge on any atom is -0.462 e. The average molecular weight is 391 g/mol. The summed E-state index contributed by atoms with van der Waals surface area (Å²) in [6.45, 7) is 7.61. The monoisotopic (exact) mass is 390 g/mol. The molecule has 0 aromatic carbocycles. The molecule has 0 radical (unpaired) electrons. The van der Waals surface area contributed by atoms with E-state index < -0.39 is 6.10 Å². The second-order valence-corrected chi connectivity index (χ2v) is 10.2. The Hall–Kier alpha value is -1.36. The van der Waals surface area contributed by atoms with Crippen molar-refractivity contribution >= 4 is 11.9 Å². The maximum absolute atomic E-state index is 11.7. The molecular weight excluding hydrogens is 356 g/mol. The number of carbonyl (C=O) groups excluding carboxylic acids is 2. The molecule has 0 heterocycles. The number of rotatable bonds is 2. The Labute approximate surface area is 167 Å². The number of fused-ring (bicyclic) bond motifs is 5. The molecule has 4 aliphatic rings. The van der Waals surface area contributed by atoms with E-state index in [1.54, 1.807) is 0 Å². The highest BCUT2D eigenvalue weighted by atomic mass is 16.5. The van der Waals surface area contributed by atoms with E-state index in [4.69, 9.17) is 9.47 Å². The van der Waals surface area contributed by atoms with E-state index in [-0.39, 0.29) is 46.8 Å². The molecule has 0 amide bonds. The van der Waals surface area contributed by atoms with Gasteiger partial charge in [0.1, 0.15) is 12.2 Å². The zero-order valence-electron chi connectivity index (χ0n) is 17.6. The van der Waals surface area contributed by atoms with Crippen molar-refractivity contribution in [1.82, 2.24) is 0 Å². The predicted octanol–water partition coefficient (Wildman–Crippen LogP) is 3.78. The average Bonchev–Trinajstić information content (AvgIpc) is 2.92. The fourth-order valence-corrected chi connectivity index (χ4v) is 7.27. The van der Waals surface area contributed by atoms with Crippen molar-refractivity contribution in [1.29, 1.82) is 0 Å². The van der Waals surface area contributed by atoms with Gasteiger partial charge in [0, 0.05) is 26.2 Å². The van der Waals surface area contributed by atoms with Crippen molar-refractivity contribution < 1.29 is 24.2 Å². The van der Waals surface area contributed by atoms with Gasteiger partial charge < -0.3 is 14.6 Å². The molecule has 1 N–H and O–H groups in total. The Bertz CT molecular complexity index is 699. The molecule has 4 aliphatic carbocycles. The van der Waals surface area contributed by atoms with Crippen molar-refractivity contribution in [3.8, 4) is 0 Å². The number of ether oxygens (including phenoxy) is 2. The lowest BCUT2D eigenvalue weighted by Crippen LogP contribution is -2.56. The van der Waals surface area contributed by atoms with Gasteiger partial charge in [0.05, 0.1) is 6.10 Å². The third-order valence-corrected chi connectivity index (χ3v) is 8.51. The van der Waals surface area contributed by atoms with Gasteiger partial charge >= 0.3 is 11.9 Å². The molecule has 28 heavy (non-hydrogen) atoms. The minimum atomic E-state index is -0.523. The Kier molecular flexibility index (Phi) is 4.88. The zero-order valence-corrected chi connectivity index (χ0v) is 17.6. The molecule has 0 aromatic heterocycles. The first-order valence-corrected chi connectivity index (χ1v) is 10.9. The highest BCUT2D eigenvalue weighted by molar-refractivity contribution is 5.66. The van der Waals surface area contributed by atoms with Crippen LogP contribution < -0.4 is 0 Å². The number of aliphatic hydroxyl groups excluding tert-OH is 1. The summed E-state index contributed by atoms with van der Waals surface area (Å²) in [5, 5.41) is 11.2. The molecule has 0 bridgehead atoms. The van der Waals surface area contributed by atoms with E-state index in [9.17, 15) is 14.7 Å². The molecule has 156 valence electrons. The molecule has 3 saturated carbocycles. The van der Waals surface area contributed by atoms with Crippen molar-refractivity contribution in [2.24, 2.45) is 28.6 Å². The van der Waals surface area contributed by atoms with Crippen LogP contribution in [0.3, 0.4) is 0 Å². The summed E-state index contributed by atoms with van der Waals surface area (Å²) in [5.74, 6) is 0.281. The highest BCUT2D eigenvalue weighted by Crippen LogP contribution is 2.65. The molecule has 4 rings (SSSR count). The predicted molar refractivity (Wildman–Crippen MR) is 104 cm³/mol. The van der Waals surface area contributed by atoms with Crippen molar-refractivity contribution in [2.45, 2.75) is 91.0 Å². The van der Waals surface area contributed by atoms with Crippen LogP contribution >= 0.6 is 0 Å². The standard InChI is InChI=1S/C23H34O5/c1-13(24)27-16-5-10-23(4)15(11-16)12-18(26)20-17(23)6-8-22(3)9-7-19(21(20)22)28-14(2)25/h12,16-21,26H,5-11H2,1-4H3/t16-,17-,18+,19-,20-,21-,22+,23-/m0/s1. The SMILES string of the molecule is CC(=O)O[C@H]1CC[C@@]2(C)C(=C[C@@H](O)[C@H]3[C@@H]4[C@@H](OC(C)=O)CC[C@@]4(C)CC[C@@H]32)C1. The quantitative estimate of drug-likeness (QED) is 0.574. The Morgan fingerprint density at radius 2 is 1.71 bits per heavy atom. The lowest BCUT2D eigenvalue weighted by atomic mass is 9.47. The van der Waals surface area contributed by atoms with Gasteiger partial charge in [-0.1, -0.05) is 25.5 Å². The maximum atomic E-state index is 11.7. The second-order valence-electron chi connectivity index (χ2n) is 10.2. The van der Waals surface area contributed by atoms with Gasteiger partial charge in [-0.05, 0) is 61.2 Å². The molecule has 0 aromatic rings. The van der Waals surface area contributed by atoms with E-state index in [0.717, 1.165) is 44.9 Å². The number of hydrogen-bond acceptors (Lipinski definition) is 5. The van der Waals surface area contributed by atoms with Crippen LogP contribution in [0, 0.1) is 28.6 Å². The van der Waals surface area contributed by atoms with Crippen LogP contribution in [0.25, 0.3) is 0 Å². The number of carbonyl (C=O) groups is 2. The Balaban J connectivity index is 1.65. The maximum Gasteiger partial charge on any atom is 0.302 e. The van der Waals surface area contributed by atoms with Gasteiger partial charge in [-0.15, -0.1) is 0 Å². The Morgan fingerprint density at radius 1 is 1.04 bits per heavy atom. The third-order valence-electron chi connectivity index (χ3n) is 8.51. The van der Waals surface area contributed by atoms with Crippen LogP contribution in [0.4, 0.5) is 0 Å². The highest BCUT2D eigenvalue weighted by Gasteiger charge is 2.61. The fraction of sp³-hybridized carbons (Fsp3) is 0.826. The smallest absolute Gasteiger partial charge is 0.302 e. The van der Waals surface area contributed by atoms with Crippen molar-refractivity contribution in [2.75, 3.05) is 0 Å². The van der Waals surface area contributed by atoms with Crippen LogP contribution in [0.5, 0.6) is 0 Å². The molecule has 0 unspecified atom stereocenters. The number of esters is 2. The van der Waals surface area contributed by atoms with E-state index in [1.807, 2.05) is 6.08 Å². The normalized spacial score (nSPS) is 47.2. The molecule has 5 heteroatoms. The van der Waals surface area contributed by atoms with Crippen LogP contribution in [0.2, 0.25) is 0 Å². The molecular formula is C23H34O5. The first kappa shape index (κ1) is 19.9. The molecule has 0 saturated heterocycles. The topological polar surface area (TPSA) is 72.8 Å². The van der Waals surface area contributed by atoms with Gasteiger partial charge in [0.25, 0.3) is 0 Å². The summed E-state index contributed by atoms with van der Waals surface area (Å²) in [6, 6.07) is 0. The second kappa shape index (κ2) is 6.86. The van der Waals surface area contributed by atoms with Gasteiger partial charge in [-0.3, -0.25) is 9.59 Å². The minimum absolute atomic E-state index is 0.0330. The first-order chi connectivity index (χ1) is 13.1. The van der Waals surface area contributed by atoms with Gasteiger partial charge in [0.15, 0.2) is 0 Å². The van der Waals surface area contributed by atoms with Crippen LogP contribution in [-0.4, -0.2) is 35.4 Å². The van der Waals surface area contributed by atoms with E-state index in [1.165, 1.54) is 19.4 Å². The van der Waals surface area contributed by atoms with Crippen molar-refractivity contribution in [3.63, 3.8) is 0 Å². The molecule has 5 nitrogen and oxygen atoms in total. The summed E-state index contributed by atoms with van der Waals surface area (Å²) >= 11 is 0. The van der Waals surface area contributed by atoms with Gasteiger partial charge in [-0.25, -0.2) is 0 Å². The van der Waals surface area contributed by atoms with E-state index >= 15 is 0 Å². The summed E-state index contributed by atoms with van der Waals surface area (Å²) in [7, 11) is 0. The van der Waals surface area contributed by atoms with Gasteiger partial charge in [0.2, 0.25) is 0 Å². The number of aliphatic hydroxyl groups is 1. The lowest BCUT2D eigenvalue weighted by molar-refractivity contribution is -0.160. The Morgan fingerprint density at radius 3 is 2.39 bits per heavy atom. The van der Waals surface area contributed by atoms with Crippen molar-refractivity contribution in [3.05, 3.63) is 11.6 Å². The van der Waals surface area contributed by atoms with Crippen LogP contribution in [0.1, 0.15) is 72.6 Å². The third kappa shape index (κ3) is 3.10. The molecule has 0 spiro atoms. The molecule has 3 fully saturated rings. The molecule has 0 aliphatic heterocycles.